The van der Waals surface area contributed by atoms with Crippen molar-refractivity contribution in [2.24, 2.45) is 0 Å². The van der Waals surface area contributed by atoms with Crippen LogP contribution in [0.3, 0.4) is 0 Å². The van der Waals surface area contributed by atoms with Crippen LogP contribution in [-0.2, 0) is 0 Å². The minimum absolute atomic E-state index is 0.864. The van der Waals surface area contributed by atoms with Gasteiger partial charge in [0.1, 0.15) is 16.9 Å². The van der Waals surface area contributed by atoms with Crippen LogP contribution >= 0.6 is 22.7 Å². The van der Waals surface area contributed by atoms with Crippen LogP contribution < -0.4 is 4.74 Å². The number of ether oxygens (including phenoxy) is 1. The molecule has 7 rings (SSSR count). The van der Waals surface area contributed by atoms with E-state index < -0.39 is 0 Å². The van der Waals surface area contributed by atoms with E-state index in [1.165, 1.54) is 22.1 Å². The van der Waals surface area contributed by atoms with Crippen LogP contribution in [0.1, 0.15) is 0 Å². The van der Waals surface area contributed by atoms with Gasteiger partial charge < -0.3 is 13.6 Å². The number of thiophene rings is 2. The van der Waals surface area contributed by atoms with Crippen molar-refractivity contribution in [3.8, 4) is 28.0 Å². The number of fused-ring (bicyclic) bond motifs is 6. The second kappa shape index (κ2) is 6.73. The van der Waals surface area contributed by atoms with Gasteiger partial charge in [0.2, 0.25) is 0 Å². The van der Waals surface area contributed by atoms with Crippen LogP contribution in [0.15, 0.2) is 86.3 Å². The average molecular weight is 453 g/mol. The number of methoxy groups -OCH3 is 1. The quantitative estimate of drug-likeness (QED) is 0.268. The third-order valence-electron chi connectivity index (χ3n) is 6.03. The van der Waals surface area contributed by atoms with Gasteiger partial charge in [0, 0.05) is 21.5 Å². The number of benzene rings is 3. The van der Waals surface area contributed by atoms with Crippen LogP contribution in [0.4, 0.5) is 0 Å². The van der Waals surface area contributed by atoms with Crippen molar-refractivity contribution < 1.29 is 13.6 Å². The maximum Gasteiger partial charge on any atom is 0.192 e. The van der Waals surface area contributed by atoms with Gasteiger partial charge in [-0.3, -0.25) is 0 Å². The highest BCUT2D eigenvalue weighted by molar-refractivity contribution is 7.17. The van der Waals surface area contributed by atoms with Crippen LogP contribution in [-0.4, -0.2) is 7.11 Å². The fourth-order valence-corrected chi connectivity index (χ4v) is 6.11. The first-order valence-corrected chi connectivity index (χ1v) is 12.0. The van der Waals surface area contributed by atoms with Crippen molar-refractivity contribution in [1.29, 1.82) is 0 Å². The third kappa shape index (κ3) is 2.58. The summed E-state index contributed by atoms with van der Waals surface area (Å²) in [5.74, 6) is 0.864. The normalized spacial score (nSPS) is 11.9. The summed E-state index contributed by atoms with van der Waals surface area (Å²) in [5, 5.41) is 8.55. The van der Waals surface area contributed by atoms with Crippen molar-refractivity contribution in [3.05, 3.63) is 77.5 Å². The summed E-state index contributed by atoms with van der Waals surface area (Å²) in [6.45, 7) is 0. The Morgan fingerprint density at radius 3 is 2.12 bits per heavy atom. The van der Waals surface area contributed by atoms with Crippen LogP contribution in [0.5, 0.6) is 5.75 Å². The van der Waals surface area contributed by atoms with Gasteiger partial charge in [0.25, 0.3) is 0 Å². The van der Waals surface area contributed by atoms with Gasteiger partial charge in [-0.25, -0.2) is 0 Å². The molecule has 0 fully saturated rings. The molecule has 0 N–H and O–H groups in total. The molecule has 0 saturated heterocycles. The van der Waals surface area contributed by atoms with E-state index in [-0.39, 0.29) is 0 Å². The van der Waals surface area contributed by atoms with Crippen LogP contribution in [0.2, 0.25) is 0 Å². The summed E-state index contributed by atoms with van der Waals surface area (Å²) >= 11 is 3.21. The van der Waals surface area contributed by atoms with E-state index in [1.807, 2.05) is 11.4 Å². The lowest BCUT2D eigenvalue weighted by Crippen LogP contribution is -1.82. The Hall–Kier alpha value is -3.54. The first-order valence-electron chi connectivity index (χ1n) is 10.3. The molecule has 0 unspecified atom stereocenters. The highest BCUT2D eigenvalue weighted by Gasteiger charge is 2.15. The van der Waals surface area contributed by atoms with E-state index in [2.05, 4.69) is 66.0 Å². The van der Waals surface area contributed by atoms with E-state index in [9.17, 15) is 0 Å². The topological polar surface area (TPSA) is 35.5 Å². The Labute approximate surface area is 191 Å². The van der Waals surface area contributed by atoms with Gasteiger partial charge >= 0.3 is 0 Å². The molecule has 32 heavy (non-hydrogen) atoms. The van der Waals surface area contributed by atoms with E-state index in [0.29, 0.717) is 0 Å². The van der Waals surface area contributed by atoms with Crippen molar-refractivity contribution >= 4 is 65.2 Å². The van der Waals surface area contributed by atoms with E-state index in [0.717, 1.165) is 48.4 Å². The van der Waals surface area contributed by atoms with Gasteiger partial charge in [-0.15, -0.1) is 22.7 Å². The molecule has 0 saturated carbocycles. The van der Waals surface area contributed by atoms with Gasteiger partial charge in [0.15, 0.2) is 9.79 Å². The average Bonchev–Trinajstić information content (AvgIpc) is 3.58. The molecule has 0 amide bonds. The zero-order valence-corrected chi connectivity index (χ0v) is 18.7. The van der Waals surface area contributed by atoms with Crippen molar-refractivity contribution in [1.82, 2.24) is 0 Å². The summed E-state index contributed by atoms with van der Waals surface area (Å²) in [7, 11) is 1.70. The second-order valence-electron chi connectivity index (χ2n) is 7.80. The van der Waals surface area contributed by atoms with E-state index in [1.54, 1.807) is 29.8 Å². The molecule has 0 aliphatic carbocycles. The zero-order chi connectivity index (χ0) is 21.2. The van der Waals surface area contributed by atoms with Crippen LogP contribution in [0.25, 0.3) is 64.8 Å². The summed E-state index contributed by atoms with van der Waals surface area (Å²) in [6.07, 6.45) is 0. The second-order valence-corrected chi connectivity index (χ2v) is 9.52. The fraction of sp³-hybridized carbons (Fsp3) is 0.0370. The Bertz CT molecular complexity index is 1780. The molecule has 0 radical (unpaired) electrons. The van der Waals surface area contributed by atoms with Gasteiger partial charge in [-0.2, -0.15) is 0 Å². The zero-order valence-electron chi connectivity index (χ0n) is 17.0. The van der Waals surface area contributed by atoms with Crippen LogP contribution in [0, 0.1) is 0 Å². The predicted molar refractivity (Wildman–Crippen MR) is 134 cm³/mol. The third-order valence-corrected chi connectivity index (χ3v) is 7.65. The number of furan rings is 2. The Morgan fingerprint density at radius 1 is 0.656 bits per heavy atom. The van der Waals surface area contributed by atoms with Crippen molar-refractivity contribution in [3.63, 3.8) is 0 Å². The van der Waals surface area contributed by atoms with Crippen molar-refractivity contribution in [2.75, 3.05) is 7.11 Å². The molecule has 7 aromatic rings. The minimum Gasteiger partial charge on any atom is -0.495 e. The molecule has 0 spiro atoms. The molecule has 0 aliphatic heterocycles. The standard InChI is InChI=1S/C27H16O3S2/c1-28-24-14-32-27-25(24)21-13-18(6-8-23(21)30-27)16-4-2-3-15(11-16)17-5-7-22-20(12-17)19-9-10-31-26(19)29-22/h2-14H,1H3. The molecule has 0 bridgehead atoms. The summed E-state index contributed by atoms with van der Waals surface area (Å²) in [5.41, 5.74) is 6.50. The number of hydrogen-bond acceptors (Lipinski definition) is 5. The van der Waals surface area contributed by atoms with Gasteiger partial charge in [-0.1, -0.05) is 30.3 Å². The summed E-state index contributed by atoms with van der Waals surface area (Å²) in [6, 6.07) is 23.6. The molecule has 4 aromatic heterocycles. The molecule has 5 heteroatoms. The molecule has 0 aliphatic rings. The SMILES string of the molecule is COc1csc2oc3ccc(-c4cccc(-c5ccc6oc7sccc7c6c5)c4)cc3c12. The lowest BCUT2D eigenvalue weighted by molar-refractivity contribution is 0.421. The molecule has 3 aromatic carbocycles. The largest absolute Gasteiger partial charge is 0.495 e. The fourth-order valence-electron chi connectivity index (χ4n) is 4.45. The molecule has 0 atom stereocenters. The van der Waals surface area contributed by atoms with E-state index >= 15 is 0 Å². The molecular formula is C27H16O3S2. The van der Waals surface area contributed by atoms with Gasteiger partial charge in [-0.05, 0) is 64.0 Å². The highest BCUT2D eigenvalue weighted by atomic mass is 32.1. The molecule has 154 valence electrons. The lowest BCUT2D eigenvalue weighted by atomic mass is 9.97. The van der Waals surface area contributed by atoms with Gasteiger partial charge in [0.05, 0.1) is 12.5 Å². The summed E-state index contributed by atoms with van der Waals surface area (Å²) < 4.78 is 17.5. The molecule has 3 nitrogen and oxygen atoms in total. The smallest absolute Gasteiger partial charge is 0.192 e. The Kier molecular flexibility index (Phi) is 3.80. The van der Waals surface area contributed by atoms with E-state index in [4.69, 9.17) is 13.6 Å². The highest BCUT2D eigenvalue weighted by Crippen LogP contribution is 2.42. The Balaban J connectivity index is 1.37. The maximum absolute atomic E-state index is 6.01. The molecule has 4 heterocycles. The minimum atomic E-state index is 0.864. The first-order chi connectivity index (χ1) is 15.8. The first kappa shape index (κ1) is 18.1. The summed E-state index contributed by atoms with van der Waals surface area (Å²) in [4.78, 5) is 1.88. The number of rotatable bonds is 3. The molecular weight excluding hydrogens is 436 g/mol. The predicted octanol–water partition coefficient (Wildman–Crippen LogP) is 8.95. The monoisotopic (exact) mass is 452 g/mol. The number of hydrogen-bond donors (Lipinski definition) is 0. The Morgan fingerprint density at radius 2 is 1.34 bits per heavy atom. The lowest BCUT2D eigenvalue weighted by Gasteiger charge is -2.07. The van der Waals surface area contributed by atoms with Crippen molar-refractivity contribution in [2.45, 2.75) is 0 Å². The maximum atomic E-state index is 6.01.